The molecule has 1 aliphatic rings. The monoisotopic (exact) mass is 277 g/mol. The van der Waals surface area contributed by atoms with Crippen molar-refractivity contribution in [2.24, 2.45) is 0 Å². The van der Waals surface area contributed by atoms with Crippen LogP contribution in [0.3, 0.4) is 0 Å². The first-order chi connectivity index (χ1) is 9.50. The van der Waals surface area contributed by atoms with Gasteiger partial charge in [-0.05, 0) is 51.0 Å². The molecule has 20 heavy (non-hydrogen) atoms. The van der Waals surface area contributed by atoms with E-state index in [-0.39, 0.29) is 17.6 Å². The molecule has 1 fully saturated rings. The summed E-state index contributed by atoms with van der Waals surface area (Å²) in [7, 11) is 0. The molecule has 2 unspecified atom stereocenters. The summed E-state index contributed by atoms with van der Waals surface area (Å²) in [6.45, 7) is 9.81. The molecule has 0 aromatic heterocycles. The molecule has 0 amide bonds. The predicted octanol–water partition coefficient (Wildman–Crippen LogP) is 2.61. The largest absolute Gasteiger partial charge is 0.462 e. The molecule has 0 aliphatic carbocycles. The number of nitrogens with one attached hydrogen (secondary N) is 1. The highest BCUT2D eigenvalue weighted by molar-refractivity contribution is 5.89. The van der Waals surface area contributed by atoms with Crippen molar-refractivity contribution in [2.75, 3.05) is 19.8 Å². The van der Waals surface area contributed by atoms with E-state index in [4.69, 9.17) is 9.47 Å². The lowest BCUT2D eigenvalue weighted by Gasteiger charge is -2.48. The number of hydrogen-bond acceptors (Lipinski definition) is 4. The minimum Gasteiger partial charge on any atom is -0.462 e. The number of aryl methyl sites for hydroxylation is 1. The lowest BCUT2D eigenvalue weighted by Crippen LogP contribution is -2.61. The van der Waals surface area contributed by atoms with Crippen LogP contribution in [0, 0.1) is 6.92 Å². The van der Waals surface area contributed by atoms with E-state index in [1.807, 2.05) is 32.9 Å². The van der Waals surface area contributed by atoms with E-state index in [1.165, 1.54) is 0 Å². The molecule has 2 atom stereocenters. The average molecular weight is 277 g/mol. The number of esters is 1. The van der Waals surface area contributed by atoms with E-state index >= 15 is 0 Å². The highest BCUT2D eigenvalue weighted by atomic mass is 16.5. The first kappa shape index (κ1) is 15.0. The molecule has 4 heteroatoms. The van der Waals surface area contributed by atoms with Crippen molar-refractivity contribution in [3.05, 3.63) is 34.9 Å². The number of carbonyl (C=O) groups is 1. The molecule has 1 aromatic carbocycles. The third-order valence-electron chi connectivity index (χ3n) is 3.69. The fraction of sp³-hybridized carbons (Fsp3) is 0.562. The van der Waals surface area contributed by atoms with Gasteiger partial charge in [0.2, 0.25) is 0 Å². The maximum atomic E-state index is 11.9. The second-order valence-electron chi connectivity index (χ2n) is 5.41. The van der Waals surface area contributed by atoms with Gasteiger partial charge in [0, 0.05) is 13.2 Å². The van der Waals surface area contributed by atoms with Gasteiger partial charge in [0.25, 0.3) is 0 Å². The van der Waals surface area contributed by atoms with Crippen LogP contribution in [0.5, 0.6) is 0 Å². The van der Waals surface area contributed by atoms with Crippen molar-refractivity contribution in [3.63, 3.8) is 0 Å². The van der Waals surface area contributed by atoms with Crippen LogP contribution in [0.4, 0.5) is 0 Å². The predicted molar refractivity (Wildman–Crippen MR) is 77.9 cm³/mol. The number of hydrogen-bond donors (Lipinski definition) is 1. The molecule has 0 bridgehead atoms. The van der Waals surface area contributed by atoms with Crippen LogP contribution >= 0.6 is 0 Å². The standard InChI is InChI=1S/C16H23NO3/c1-5-19-15(18)13-8-11(3)7-12(9-13)14-16(4,10-17-14)20-6-2/h7-9,14,17H,5-6,10H2,1-4H3. The van der Waals surface area contributed by atoms with Crippen molar-refractivity contribution in [1.29, 1.82) is 0 Å². The molecule has 1 N–H and O–H groups in total. The van der Waals surface area contributed by atoms with E-state index in [9.17, 15) is 4.79 Å². The van der Waals surface area contributed by atoms with Crippen molar-refractivity contribution in [1.82, 2.24) is 5.32 Å². The van der Waals surface area contributed by atoms with E-state index in [0.29, 0.717) is 18.8 Å². The second-order valence-corrected chi connectivity index (χ2v) is 5.41. The van der Waals surface area contributed by atoms with Crippen LogP contribution in [0.2, 0.25) is 0 Å². The Kier molecular flexibility index (Phi) is 4.45. The molecule has 0 saturated carbocycles. The summed E-state index contributed by atoms with van der Waals surface area (Å²) in [4.78, 5) is 11.9. The fourth-order valence-electron chi connectivity index (χ4n) is 2.74. The lowest BCUT2D eigenvalue weighted by atomic mass is 9.82. The Hall–Kier alpha value is -1.39. The molecule has 1 aliphatic heterocycles. The van der Waals surface area contributed by atoms with Crippen LogP contribution < -0.4 is 5.32 Å². The lowest BCUT2D eigenvalue weighted by molar-refractivity contribution is -0.100. The summed E-state index contributed by atoms with van der Waals surface area (Å²) in [5.41, 5.74) is 2.54. The van der Waals surface area contributed by atoms with Gasteiger partial charge in [0.1, 0.15) is 0 Å². The highest BCUT2D eigenvalue weighted by Gasteiger charge is 2.44. The molecule has 1 aromatic rings. The van der Waals surface area contributed by atoms with Crippen LogP contribution in [0.15, 0.2) is 18.2 Å². The Bertz CT molecular complexity index is 500. The third kappa shape index (κ3) is 2.86. The van der Waals surface area contributed by atoms with Crippen molar-refractivity contribution in [3.8, 4) is 0 Å². The average Bonchev–Trinajstić information content (AvgIpc) is 2.37. The van der Waals surface area contributed by atoms with Crippen LogP contribution in [0.1, 0.15) is 48.3 Å². The third-order valence-corrected chi connectivity index (χ3v) is 3.69. The fourth-order valence-corrected chi connectivity index (χ4v) is 2.74. The molecule has 0 spiro atoms. The number of ether oxygens (including phenoxy) is 2. The van der Waals surface area contributed by atoms with E-state index in [0.717, 1.165) is 17.7 Å². The zero-order valence-corrected chi connectivity index (χ0v) is 12.7. The molecule has 0 radical (unpaired) electrons. The molecule has 1 heterocycles. The number of rotatable bonds is 5. The van der Waals surface area contributed by atoms with Gasteiger partial charge in [-0.3, -0.25) is 0 Å². The van der Waals surface area contributed by atoms with E-state index < -0.39 is 0 Å². The first-order valence-corrected chi connectivity index (χ1v) is 7.16. The summed E-state index contributed by atoms with van der Waals surface area (Å²) in [6.07, 6.45) is 0. The van der Waals surface area contributed by atoms with E-state index in [1.54, 1.807) is 0 Å². The summed E-state index contributed by atoms with van der Waals surface area (Å²) < 4.78 is 10.9. The van der Waals surface area contributed by atoms with Gasteiger partial charge >= 0.3 is 5.97 Å². The summed E-state index contributed by atoms with van der Waals surface area (Å²) in [6, 6.07) is 5.98. The molecule has 2 rings (SSSR count). The van der Waals surface area contributed by atoms with Gasteiger partial charge in [-0.2, -0.15) is 0 Å². The highest BCUT2D eigenvalue weighted by Crippen LogP contribution is 2.36. The van der Waals surface area contributed by atoms with E-state index in [2.05, 4.69) is 18.3 Å². The minimum atomic E-state index is -0.269. The number of benzene rings is 1. The maximum Gasteiger partial charge on any atom is 0.338 e. The Morgan fingerprint density at radius 3 is 2.65 bits per heavy atom. The van der Waals surface area contributed by atoms with Gasteiger partial charge in [0.05, 0.1) is 23.8 Å². The SMILES string of the molecule is CCOC(=O)c1cc(C)cc(C2NCC2(C)OCC)c1. The maximum absolute atomic E-state index is 11.9. The Labute approximate surface area is 120 Å². The second kappa shape index (κ2) is 5.94. The first-order valence-electron chi connectivity index (χ1n) is 7.16. The Morgan fingerprint density at radius 1 is 1.35 bits per heavy atom. The quantitative estimate of drug-likeness (QED) is 0.840. The van der Waals surface area contributed by atoms with Crippen LogP contribution in [-0.4, -0.2) is 31.3 Å². The smallest absolute Gasteiger partial charge is 0.338 e. The Balaban J connectivity index is 2.26. The summed E-state index contributed by atoms with van der Waals surface area (Å²) in [5, 5.41) is 3.39. The molecule has 1 saturated heterocycles. The molecule has 4 nitrogen and oxygen atoms in total. The van der Waals surface area contributed by atoms with Gasteiger partial charge in [-0.15, -0.1) is 0 Å². The van der Waals surface area contributed by atoms with Crippen LogP contribution in [0.25, 0.3) is 0 Å². The zero-order chi connectivity index (χ0) is 14.8. The van der Waals surface area contributed by atoms with Gasteiger partial charge in [0.15, 0.2) is 0 Å². The van der Waals surface area contributed by atoms with Crippen molar-refractivity contribution < 1.29 is 14.3 Å². The molecule has 110 valence electrons. The van der Waals surface area contributed by atoms with Gasteiger partial charge in [-0.25, -0.2) is 4.79 Å². The van der Waals surface area contributed by atoms with Crippen molar-refractivity contribution in [2.45, 2.75) is 39.3 Å². The minimum absolute atomic E-state index is 0.121. The summed E-state index contributed by atoms with van der Waals surface area (Å²) in [5.74, 6) is -0.269. The normalized spacial score (nSPS) is 25.1. The van der Waals surface area contributed by atoms with Crippen molar-refractivity contribution >= 4 is 5.97 Å². The van der Waals surface area contributed by atoms with Gasteiger partial charge in [-0.1, -0.05) is 6.07 Å². The molecular formula is C16H23NO3. The zero-order valence-electron chi connectivity index (χ0n) is 12.7. The van der Waals surface area contributed by atoms with Crippen LogP contribution in [-0.2, 0) is 9.47 Å². The van der Waals surface area contributed by atoms with Gasteiger partial charge < -0.3 is 14.8 Å². The summed E-state index contributed by atoms with van der Waals surface area (Å²) >= 11 is 0. The molecular weight excluding hydrogens is 254 g/mol. The Morgan fingerprint density at radius 2 is 2.10 bits per heavy atom. The topological polar surface area (TPSA) is 47.6 Å². The number of carbonyl (C=O) groups excluding carboxylic acids is 1.